The predicted octanol–water partition coefficient (Wildman–Crippen LogP) is 4.37. The number of hydrogen-bond donors (Lipinski definition) is 0. The molecule has 7 heteroatoms. The number of carbonyl (C=O) groups excluding carboxylic acids is 1. The molecule has 158 valence electrons. The fourth-order valence-electron chi connectivity index (χ4n) is 3.58. The van der Waals surface area contributed by atoms with E-state index in [9.17, 15) is 4.79 Å². The lowest BCUT2D eigenvalue weighted by Crippen LogP contribution is -2.43. The minimum atomic E-state index is -0.0116. The summed E-state index contributed by atoms with van der Waals surface area (Å²) in [6, 6.07) is 11.5. The number of fused-ring (bicyclic) bond motifs is 1. The van der Waals surface area contributed by atoms with Crippen molar-refractivity contribution in [2.24, 2.45) is 0 Å². The topological polar surface area (TPSA) is 60.9 Å². The van der Waals surface area contributed by atoms with Crippen LogP contribution in [0.1, 0.15) is 24.0 Å². The summed E-state index contributed by atoms with van der Waals surface area (Å²) in [5.74, 6) is 1.32. The summed E-state index contributed by atoms with van der Waals surface area (Å²) < 4.78 is 18.2. The molecular weight excluding hydrogens is 400 g/mol. The van der Waals surface area contributed by atoms with E-state index in [4.69, 9.17) is 14.2 Å². The Balaban J connectivity index is 1.29. The van der Waals surface area contributed by atoms with Gasteiger partial charge in [0.2, 0.25) is 0 Å². The maximum absolute atomic E-state index is 12.5. The summed E-state index contributed by atoms with van der Waals surface area (Å²) >= 11 is 1.60. The first kappa shape index (κ1) is 20.5. The van der Waals surface area contributed by atoms with Crippen molar-refractivity contribution in [3.05, 3.63) is 47.5 Å². The molecule has 0 saturated carbocycles. The molecule has 2 aromatic carbocycles. The molecule has 0 atom stereocenters. The van der Waals surface area contributed by atoms with Gasteiger partial charge in [-0.3, -0.25) is 4.79 Å². The quantitative estimate of drug-likeness (QED) is 0.586. The van der Waals surface area contributed by atoms with Gasteiger partial charge in [-0.25, -0.2) is 4.98 Å². The lowest BCUT2D eigenvalue weighted by Gasteiger charge is -2.31. The van der Waals surface area contributed by atoms with Crippen molar-refractivity contribution in [1.82, 2.24) is 9.88 Å². The van der Waals surface area contributed by atoms with Gasteiger partial charge in [-0.05, 0) is 37.1 Å². The highest BCUT2D eigenvalue weighted by Gasteiger charge is 2.25. The average Bonchev–Trinajstić information content (AvgIpc) is 3.20. The number of methoxy groups -OCH3 is 1. The molecule has 4 rings (SSSR count). The Hall–Kier alpha value is -2.80. The SMILES string of the molecule is COc1cccc(OCC(=O)N2CCC(Oc3nc4c(C)ccc(C)c4s3)CC2)c1. The summed E-state index contributed by atoms with van der Waals surface area (Å²) in [6.45, 7) is 5.52. The Morgan fingerprint density at radius 2 is 1.87 bits per heavy atom. The number of nitrogens with zero attached hydrogens (tertiary/aromatic N) is 2. The number of benzene rings is 2. The fraction of sp³-hybridized carbons (Fsp3) is 0.391. The Kier molecular flexibility index (Phi) is 6.08. The van der Waals surface area contributed by atoms with Crippen LogP contribution in [0.15, 0.2) is 36.4 Å². The van der Waals surface area contributed by atoms with Crippen molar-refractivity contribution in [2.45, 2.75) is 32.8 Å². The van der Waals surface area contributed by atoms with E-state index in [1.165, 1.54) is 10.3 Å². The summed E-state index contributed by atoms with van der Waals surface area (Å²) in [7, 11) is 1.60. The van der Waals surface area contributed by atoms with Gasteiger partial charge in [-0.1, -0.05) is 29.5 Å². The largest absolute Gasteiger partial charge is 0.497 e. The number of hydrogen-bond acceptors (Lipinski definition) is 6. The summed E-state index contributed by atoms with van der Waals surface area (Å²) in [5.41, 5.74) is 3.41. The molecule has 0 N–H and O–H groups in total. The summed E-state index contributed by atoms with van der Waals surface area (Å²) in [4.78, 5) is 19.0. The fourth-order valence-corrected chi connectivity index (χ4v) is 4.61. The van der Waals surface area contributed by atoms with E-state index < -0.39 is 0 Å². The van der Waals surface area contributed by atoms with Crippen LogP contribution in [0, 0.1) is 13.8 Å². The van der Waals surface area contributed by atoms with Crippen LogP contribution in [0.2, 0.25) is 0 Å². The normalized spacial score (nSPS) is 14.7. The molecule has 0 radical (unpaired) electrons. The zero-order valence-corrected chi connectivity index (χ0v) is 18.3. The molecule has 30 heavy (non-hydrogen) atoms. The number of aryl methyl sites for hydroxylation is 2. The van der Waals surface area contributed by atoms with E-state index in [1.54, 1.807) is 24.5 Å². The van der Waals surface area contributed by atoms with E-state index in [0.29, 0.717) is 29.8 Å². The van der Waals surface area contributed by atoms with Crippen LogP contribution < -0.4 is 14.2 Å². The van der Waals surface area contributed by atoms with Gasteiger partial charge in [0, 0.05) is 32.0 Å². The number of likely N-dealkylation sites (tertiary alicyclic amines) is 1. The molecule has 3 aromatic rings. The zero-order chi connectivity index (χ0) is 21.1. The maximum atomic E-state index is 12.5. The van der Waals surface area contributed by atoms with Crippen LogP contribution in [0.4, 0.5) is 0 Å². The van der Waals surface area contributed by atoms with Crippen LogP contribution in [-0.2, 0) is 4.79 Å². The Labute approximate surface area is 180 Å². The van der Waals surface area contributed by atoms with Crippen molar-refractivity contribution in [3.63, 3.8) is 0 Å². The van der Waals surface area contributed by atoms with Crippen molar-refractivity contribution in [2.75, 3.05) is 26.8 Å². The third-order valence-electron chi connectivity index (χ3n) is 5.39. The lowest BCUT2D eigenvalue weighted by atomic mass is 10.1. The molecule has 1 amide bonds. The first-order chi connectivity index (χ1) is 14.5. The molecule has 1 aromatic heterocycles. The van der Waals surface area contributed by atoms with Gasteiger partial charge >= 0.3 is 0 Å². The highest BCUT2D eigenvalue weighted by atomic mass is 32.1. The number of ether oxygens (including phenoxy) is 3. The maximum Gasteiger partial charge on any atom is 0.274 e. The van der Waals surface area contributed by atoms with E-state index >= 15 is 0 Å². The number of amides is 1. The molecule has 0 unspecified atom stereocenters. The average molecular weight is 427 g/mol. The van der Waals surface area contributed by atoms with Crippen LogP contribution >= 0.6 is 11.3 Å². The predicted molar refractivity (Wildman–Crippen MR) is 118 cm³/mol. The molecule has 1 saturated heterocycles. The lowest BCUT2D eigenvalue weighted by molar-refractivity contribution is -0.135. The minimum Gasteiger partial charge on any atom is -0.497 e. The van der Waals surface area contributed by atoms with Crippen molar-refractivity contribution < 1.29 is 19.0 Å². The second kappa shape index (κ2) is 8.92. The molecule has 1 aliphatic rings. The molecule has 1 fully saturated rings. The molecule has 6 nitrogen and oxygen atoms in total. The zero-order valence-electron chi connectivity index (χ0n) is 17.5. The second-order valence-electron chi connectivity index (χ2n) is 7.52. The van der Waals surface area contributed by atoms with Gasteiger partial charge in [-0.2, -0.15) is 0 Å². The number of carbonyl (C=O) groups is 1. The molecule has 0 bridgehead atoms. The van der Waals surface area contributed by atoms with Crippen LogP contribution in [0.3, 0.4) is 0 Å². The summed E-state index contributed by atoms with van der Waals surface area (Å²) in [5, 5.41) is 0.716. The third-order valence-corrected chi connectivity index (χ3v) is 6.47. The van der Waals surface area contributed by atoms with Gasteiger partial charge in [-0.15, -0.1) is 0 Å². The molecular formula is C23H26N2O4S. The number of thiazole rings is 1. The van der Waals surface area contributed by atoms with Crippen molar-refractivity contribution >= 4 is 27.5 Å². The van der Waals surface area contributed by atoms with E-state index in [-0.39, 0.29) is 18.6 Å². The van der Waals surface area contributed by atoms with E-state index in [0.717, 1.165) is 23.9 Å². The van der Waals surface area contributed by atoms with E-state index in [2.05, 4.69) is 31.0 Å². The van der Waals surface area contributed by atoms with Crippen LogP contribution in [0.5, 0.6) is 16.7 Å². The Morgan fingerprint density at radius 3 is 2.60 bits per heavy atom. The standard InChI is InChI=1S/C23H26N2O4S/c1-15-7-8-16(2)22-21(15)24-23(30-22)29-17-9-11-25(12-10-17)20(26)14-28-19-6-4-5-18(13-19)27-3/h4-8,13,17H,9-12,14H2,1-3H3. The van der Waals surface area contributed by atoms with Crippen LogP contribution in [0.25, 0.3) is 10.2 Å². The van der Waals surface area contributed by atoms with Gasteiger partial charge in [0.25, 0.3) is 11.1 Å². The van der Waals surface area contributed by atoms with Gasteiger partial charge < -0.3 is 19.1 Å². The molecule has 2 heterocycles. The molecule has 1 aliphatic heterocycles. The monoisotopic (exact) mass is 426 g/mol. The number of aromatic nitrogens is 1. The first-order valence-corrected chi connectivity index (χ1v) is 10.9. The van der Waals surface area contributed by atoms with Gasteiger partial charge in [0.1, 0.15) is 17.6 Å². The highest BCUT2D eigenvalue weighted by molar-refractivity contribution is 7.20. The van der Waals surface area contributed by atoms with Crippen LogP contribution in [-0.4, -0.2) is 48.7 Å². The smallest absolute Gasteiger partial charge is 0.274 e. The van der Waals surface area contributed by atoms with Crippen molar-refractivity contribution in [3.8, 4) is 16.7 Å². The number of rotatable bonds is 6. The Bertz CT molecular complexity index is 1000. The van der Waals surface area contributed by atoms with Gasteiger partial charge in [0.05, 0.1) is 17.3 Å². The minimum absolute atomic E-state index is 0.0116. The van der Waals surface area contributed by atoms with E-state index in [1.807, 2.05) is 23.1 Å². The molecule has 0 aliphatic carbocycles. The summed E-state index contributed by atoms with van der Waals surface area (Å²) in [6.07, 6.45) is 1.66. The highest BCUT2D eigenvalue weighted by Crippen LogP contribution is 2.33. The third kappa shape index (κ3) is 4.51. The molecule has 0 spiro atoms. The Morgan fingerprint density at radius 1 is 1.13 bits per heavy atom. The first-order valence-electron chi connectivity index (χ1n) is 10.1. The second-order valence-corrected chi connectivity index (χ2v) is 8.48. The van der Waals surface area contributed by atoms with Gasteiger partial charge in [0.15, 0.2) is 6.61 Å². The number of piperidine rings is 1. The van der Waals surface area contributed by atoms with Crippen molar-refractivity contribution in [1.29, 1.82) is 0 Å².